The number of hydrogen-bond acceptors (Lipinski definition) is 4. The minimum Gasteiger partial charge on any atom is -0.373 e. The molecule has 1 aliphatic heterocycles. The van der Waals surface area contributed by atoms with E-state index in [2.05, 4.69) is 10.3 Å². The lowest BCUT2D eigenvalue weighted by atomic mass is 10.2. The Kier molecular flexibility index (Phi) is 4.16. The summed E-state index contributed by atoms with van der Waals surface area (Å²) in [6, 6.07) is 0. The van der Waals surface area contributed by atoms with E-state index < -0.39 is 0 Å². The van der Waals surface area contributed by atoms with Gasteiger partial charge < -0.3 is 19.5 Å². The van der Waals surface area contributed by atoms with E-state index in [1.807, 2.05) is 0 Å². The summed E-state index contributed by atoms with van der Waals surface area (Å²) in [5.74, 6) is 0.152. The van der Waals surface area contributed by atoms with Gasteiger partial charge in [0.2, 0.25) is 5.91 Å². The fourth-order valence-corrected chi connectivity index (χ4v) is 2.00. The molecule has 19 heavy (non-hydrogen) atoms. The van der Waals surface area contributed by atoms with Gasteiger partial charge in [-0.25, -0.2) is 4.98 Å². The zero-order valence-corrected chi connectivity index (χ0v) is 11.1. The van der Waals surface area contributed by atoms with E-state index in [4.69, 9.17) is 4.74 Å². The van der Waals surface area contributed by atoms with Gasteiger partial charge in [0.05, 0.1) is 12.7 Å². The molecule has 7 heteroatoms. The quantitative estimate of drug-likeness (QED) is 0.792. The highest BCUT2D eigenvalue weighted by molar-refractivity contribution is 5.90. The molecule has 1 aliphatic rings. The molecule has 1 atom stereocenters. The third-order valence-electron chi connectivity index (χ3n) is 3.10. The average Bonchev–Trinajstić information content (AvgIpc) is 2.82. The van der Waals surface area contributed by atoms with E-state index in [0.29, 0.717) is 32.1 Å². The molecule has 2 heterocycles. The molecule has 0 aromatic carbocycles. The monoisotopic (exact) mass is 266 g/mol. The Morgan fingerprint density at radius 1 is 1.58 bits per heavy atom. The third-order valence-corrected chi connectivity index (χ3v) is 3.10. The van der Waals surface area contributed by atoms with E-state index in [-0.39, 0.29) is 17.9 Å². The van der Waals surface area contributed by atoms with Gasteiger partial charge in [0.1, 0.15) is 0 Å². The van der Waals surface area contributed by atoms with E-state index in [9.17, 15) is 9.59 Å². The molecule has 0 bridgehead atoms. The number of carbonyl (C=O) groups is 2. The van der Waals surface area contributed by atoms with Crippen molar-refractivity contribution < 1.29 is 14.3 Å². The van der Waals surface area contributed by atoms with Crippen molar-refractivity contribution in [1.82, 2.24) is 19.8 Å². The van der Waals surface area contributed by atoms with Gasteiger partial charge in [-0.15, -0.1) is 0 Å². The fraction of sp³-hybridized carbons (Fsp3) is 0.583. The van der Waals surface area contributed by atoms with Crippen molar-refractivity contribution in [2.45, 2.75) is 13.0 Å². The third kappa shape index (κ3) is 3.31. The smallest absolute Gasteiger partial charge is 0.287 e. The van der Waals surface area contributed by atoms with Crippen LogP contribution in [0.15, 0.2) is 12.4 Å². The van der Waals surface area contributed by atoms with E-state index >= 15 is 0 Å². The normalized spacial score (nSPS) is 19.3. The number of amides is 2. The molecular formula is C12H18N4O3. The lowest BCUT2D eigenvalue weighted by molar-refractivity contribution is -0.136. The predicted octanol–water partition coefficient (Wildman–Crippen LogP) is -0.603. The average molecular weight is 266 g/mol. The molecule has 1 N–H and O–H groups in total. The first kappa shape index (κ1) is 13.5. The Bertz CT molecular complexity index is 471. The topological polar surface area (TPSA) is 76.5 Å². The van der Waals surface area contributed by atoms with Gasteiger partial charge in [0, 0.05) is 46.0 Å². The Morgan fingerprint density at radius 3 is 3.00 bits per heavy atom. The van der Waals surface area contributed by atoms with Crippen LogP contribution >= 0.6 is 0 Å². The molecule has 0 aliphatic carbocycles. The van der Waals surface area contributed by atoms with Gasteiger partial charge in [-0.05, 0) is 0 Å². The first-order chi connectivity index (χ1) is 9.08. The number of aromatic nitrogens is 2. The summed E-state index contributed by atoms with van der Waals surface area (Å²) in [4.78, 5) is 28.8. The van der Waals surface area contributed by atoms with Crippen LogP contribution in [0.5, 0.6) is 0 Å². The molecule has 1 aromatic rings. The minimum absolute atomic E-state index is 0.0312. The summed E-state index contributed by atoms with van der Waals surface area (Å²) in [6.07, 6.45) is 3.12. The van der Waals surface area contributed by atoms with Crippen LogP contribution < -0.4 is 5.32 Å². The van der Waals surface area contributed by atoms with Crippen molar-refractivity contribution >= 4 is 11.8 Å². The Balaban J connectivity index is 1.84. The van der Waals surface area contributed by atoms with Gasteiger partial charge >= 0.3 is 0 Å². The second-order valence-corrected chi connectivity index (χ2v) is 4.53. The molecule has 1 aromatic heterocycles. The van der Waals surface area contributed by atoms with E-state index in [1.54, 1.807) is 28.9 Å². The molecule has 104 valence electrons. The molecule has 0 radical (unpaired) electrons. The number of imidazole rings is 1. The lowest BCUT2D eigenvalue weighted by Crippen LogP contribution is -2.49. The van der Waals surface area contributed by atoms with Crippen LogP contribution in [0.25, 0.3) is 0 Å². The minimum atomic E-state index is -0.240. The maximum atomic E-state index is 11.9. The summed E-state index contributed by atoms with van der Waals surface area (Å²) < 4.78 is 7.17. The lowest BCUT2D eigenvalue weighted by Gasteiger charge is -2.32. The molecule has 0 unspecified atom stereocenters. The van der Waals surface area contributed by atoms with Gasteiger partial charge in [-0.1, -0.05) is 0 Å². The van der Waals surface area contributed by atoms with Crippen molar-refractivity contribution in [3.05, 3.63) is 18.2 Å². The number of rotatable bonds is 3. The van der Waals surface area contributed by atoms with Crippen molar-refractivity contribution in [2.75, 3.05) is 26.2 Å². The zero-order valence-electron chi connectivity index (χ0n) is 11.1. The summed E-state index contributed by atoms with van der Waals surface area (Å²) >= 11 is 0. The van der Waals surface area contributed by atoms with Crippen molar-refractivity contribution in [3.63, 3.8) is 0 Å². The van der Waals surface area contributed by atoms with Gasteiger partial charge in [-0.3, -0.25) is 9.59 Å². The Labute approximate surface area is 111 Å². The standard InChI is InChI=1S/C12H18N4O3/c1-9(17)16-5-6-19-10(8-16)7-14-12(18)11-13-3-4-15(11)2/h3-4,10H,5-8H2,1-2H3,(H,14,18)/t10-/m1/s1. The van der Waals surface area contributed by atoms with Crippen molar-refractivity contribution in [1.29, 1.82) is 0 Å². The number of nitrogens with zero attached hydrogens (tertiary/aromatic N) is 3. The highest BCUT2D eigenvalue weighted by atomic mass is 16.5. The van der Waals surface area contributed by atoms with Crippen LogP contribution in [0.1, 0.15) is 17.5 Å². The van der Waals surface area contributed by atoms with Crippen LogP contribution in [-0.2, 0) is 16.6 Å². The van der Waals surface area contributed by atoms with Crippen LogP contribution in [-0.4, -0.2) is 58.6 Å². The highest BCUT2D eigenvalue weighted by Gasteiger charge is 2.23. The number of ether oxygens (including phenoxy) is 1. The molecular weight excluding hydrogens is 248 g/mol. The number of aryl methyl sites for hydroxylation is 1. The molecule has 2 amide bonds. The summed E-state index contributed by atoms with van der Waals surface area (Å²) in [6.45, 7) is 3.53. The van der Waals surface area contributed by atoms with Crippen LogP contribution in [0.2, 0.25) is 0 Å². The molecule has 0 saturated carbocycles. The van der Waals surface area contributed by atoms with Crippen LogP contribution in [0.3, 0.4) is 0 Å². The molecule has 1 fully saturated rings. The second kappa shape index (κ2) is 5.83. The largest absolute Gasteiger partial charge is 0.373 e. The predicted molar refractivity (Wildman–Crippen MR) is 67.5 cm³/mol. The van der Waals surface area contributed by atoms with Crippen LogP contribution in [0.4, 0.5) is 0 Å². The summed E-state index contributed by atoms with van der Waals surface area (Å²) in [5.41, 5.74) is 0. The number of nitrogens with one attached hydrogen (secondary N) is 1. The van der Waals surface area contributed by atoms with Crippen molar-refractivity contribution in [3.8, 4) is 0 Å². The second-order valence-electron chi connectivity index (χ2n) is 4.53. The van der Waals surface area contributed by atoms with Gasteiger partial charge in [0.15, 0.2) is 5.82 Å². The van der Waals surface area contributed by atoms with E-state index in [0.717, 1.165) is 0 Å². The van der Waals surface area contributed by atoms with Crippen molar-refractivity contribution in [2.24, 2.45) is 7.05 Å². The van der Waals surface area contributed by atoms with Gasteiger partial charge in [0.25, 0.3) is 5.91 Å². The summed E-state index contributed by atoms with van der Waals surface area (Å²) in [5, 5.41) is 2.77. The fourth-order valence-electron chi connectivity index (χ4n) is 2.00. The first-order valence-corrected chi connectivity index (χ1v) is 6.20. The van der Waals surface area contributed by atoms with Gasteiger partial charge in [-0.2, -0.15) is 0 Å². The SMILES string of the molecule is CC(=O)N1CCO[C@H](CNC(=O)c2nccn2C)C1. The summed E-state index contributed by atoms with van der Waals surface area (Å²) in [7, 11) is 1.76. The Morgan fingerprint density at radius 2 is 2.37 bits per heavy atom. The zero-order chi connectivity index (χ0) is 13.8. The number of carbonyl (C=O) groups excluding carboxylic acids is 2. The highest BCUT2D eigenvalue weighted by Crippen LogP contribution is 2.05. The molecule has 7 nitrogen and oxygen atoms in total. The number of hydrogen-bond donors (Lipinski definition) is 1. The maximum Gasteiger partial charge on any atom is 0.287 e. The number of morpholine rings is 1. The Hall–Kier alpha value is -1.89. The maximum absolute atomic E-state index is 11.9. The van der Waals surface area contributed by atoms with E-state index in [1.165, 1.54) is 6.92 Å². The molecule has 2 rings (SSSR count). The first-order valence-electron chi connectivity index (χ1n) is 6.20. The van der Waals surface area contributed by atoms with Crippen LogP contribution in [0, 0.1) is 0 Å². The molecule has 1 saturated heterocycles. The molecule has 0 spiro atoms.